The van der Waals surface area contributed by atoms with Gasteiger partial charge in [-0.3, -0.25) is 9.59 Å². The molecule has 22 heteroatoms. The van der Waals surface area contributed by atoms with Crippen LogP contribution in [0.3, 0.4) is 0 Å². The Labute approximate surface area is 460 Å². The fourth-order valence-electron chi connectivity index (χ4n) is 11.7. The van der Waals surface area contributed by atoms with Crippen LogP contribution in [0.2, 0.25) is 0 Å². The molecular weight excluding hydrogens is 1040 g/mol. The van der Waals surface area contributed by atoms with Gasteiger partial charge in [-0.15, -0.1) is 12.4 Å². The van der Waals surface area contributed by atoms with E-state index in [1.807, 2.05) is 9.80 Å². The topological polar surface area (TPSA) is 191 Å². The van der Waals surface area contributed by atoms with Gasteiger partial charge in [-0.25, -0.2) is 16.8 Å². The van der Waals surface area contributed by atoms with Crippen LogP contribution in [0.1, 0.15) is 60.8 Å². The molecule has 6 fully saturated rings. The summed E-state index contributed by atoms with van der Waals surface area (Å²) in [5.41, 5.74) is 2.56. The maximum Gasteiger partial charge on any atom is 0.248 e. The number of aldehydes is 1. The Balaban J connectivity index is 0.000000243. The second-order valence-corrected chi connectivity index (χ2v) is 25.7. The van der Waals surface area contributed by atoms with Crippen molar-refractivity contribution in [3.63, 3.8) is 0 Å². The van der Waals surface area contributed by atoms with Crippen LogP contribution in [0.25, 0.3) is 0 Å². The molecule has 0 saturated carbocycles. The number of carbonyl (C=O) groups excluding carboxylic acids is 3. The number of hydrogen-bond acceptors (Lipinski definition) is 15. The lowest BCUT2D eigenvalue weighted by Crippen LogP contribution is -2.43. The van der Waals surface area contributed by atoms with Crippen LogP contribution in [0.15, 0.2) is 34.1 Å². The molecule has 6 aliphatic rings. The van der Waals surface area contributed by atoms with E-state index in [0.717, 1.165) is 96.8 Å². The van der Waals surface area contributed by atoms with Crippen molar-refractivity contribution in [3.05, 3.63) is 46.5 Å². The molecule has 6 saturated heterocycles. The number of sulfonamides is 2. The van der Waals surface area contributed by atoms with Crippen molar-refractivity contribution < 1.29 is 50.2 Å². The quantitative estimate of drug-likeness (QED) is 0.159. The van der Waals surface area contributed by atoms with Gasteiger partial charge < -0.3 is 53.6 Å². The van der Waals surface area contributed by atoms with Gasteiger partial charge in [0.15, 0.2) is 0 Å². The number of methoxy groups -OCH3 is 2. The van der Waals surface area contributed by atoms with E-state index in [4.69, 9.17) is 18.9 Å². The molecule has 1 N–H and O–H groups in total. The zero-order chi connectivity index (χ0) is 54.6. The van der Waals surface area contributed by atoms with E-state index in [1.165, 1.54) is 41.6 Å². The highest BCUT2D eigenvalue weighted by molar-refractivity contribution is 7.89. The third-order valence-corrected chi connectivity index (χ3v) is 20.6. The van der Waals surface area contributed by atoms with E-state index in [-0.39, 0.29) is 80.7 Å². The molecule has 2 aromatic rings. The summed E-state index contributed by atoms with van der Waals surface area (Å²) in [5, 5.41) is 3.32. The molecule has 8 rings (SSSR count). The van der Waals surface area contributed by atoms with Crippen molar-refractivity contribution in [2.45, 2.75) is 88.1 Å². The van der Waals surface area contributed by atoms with Gasteiger partial charge in [-0.2, -0.15) is 8.61 Å². The highest BCUT2D eigenvalue weighted by Crippen LogP contribution is 2.34. The summed E-state index contributed by atoms with van der Waals surface area (Å²) in [4.78, 5) is 47.4. The van der Waals surface area contributed by atoms with Crippen LogP contribution < -0.4 is 14.8 Å². The first-order valence-corrected chi connectivity index (χ1v) is 29.8. The van der Waals surface area contributed by atoms with E-state index in [9.17, 15) is 31.2 Å². The Bertz CT molecular complexity index is 2410. The number of carbonyl (C=O) groups is 3. The minimum atomic E-state index is -3.68. The van der Waals surface area contributed by atoms with Gasteiger partial charge in [0.05, 0.1) is 37.2 Å². The predicted molar refractivity (Wildman–Crippen MR) is 296 cm³/mol. The molecule has 6 heterocycles. The highest BCUT2D eigenvalue weighted by Gasteiger charge is 2.44. The molecule has 6 aliphatic heterocycles. The molecule has 2 aromatic carbocycles. The first-order chi connectivity index (χ1) is 35.7. The second kappa shape index (κ2) is 29.1. The van der Waals surface area contributed by atoms with Crippen LogP contribution in [-0.2, 0) is 43.9 Å². The number of halogens is 1. The molecule has 0 spiro atoms. The average molecular weight is 1130 g/mol. The van der Waals surface area contributed by atoms with Crippen molar-refractivity contribution in [3.8, 4) is 11.5 Å². The lowest BCUT2D eigenvalue weighted by molar-refractivity contribution is -0.137. The van der Waals surface area contributed by atoms with Crippen LogP contribution in [0, 0.1) is 51.4 Å². The fraction of sp³-hybridized carbons (Fsp3) is 0.722. The minimum Gasteiger partial charge on any atom is -0.497 e. The SMILES string of the molecule is CN1CCC(C=O)CC1.COc1cc(C)c(S(=O)(=O)N(C)CCOCC(=O)N2CC[C@H]3CN(CC4CCN(C)CC4)C[C@H]32)c(C)c1.COc1cc(C)c(S(=O)(=O)N(C)CCOCC(=O)N2CC[C@H]3CNC[C@H]32)c(C)c1.Cl. The normalized spacial score (nSPS) is 22.6. The zero-order valence-corrected chi connectivity index (χ0v) is 49.4. The van der Waals surface area contributed by atoms with Crippen molar-refractivity contribution in [2.75, 3.05) is 154 Å². The molecule has 76 heavy (non-hydrogen) atoms. The fourth-order valence-corrected chi connectivity index (χ4v) is 14.9. The number of fused-ring (bicyclic) bond motifs is 2. The molecule has 4 atom stereocenters. The predicted octanol–water partition coefficient (Wildman–Crippen LogP) is 3.54. The molecule has 0 aromatic heterocycles. The van der Waals surface area contributed by atoms with Gasteiger partial charge in [-0.1, -0.05) is 0 Å². The number of nitrogens with zero attached hydrogens (tertiary/aromatic N) is 7. The summed E-state index contributed by atoms with van der Waals surface area (Å²) in [5.74, 6) is 3.48. The standard InChI is InChI=1S/C27H44N4O5S.C20H31N3O5S.C7H13NO.ClH/c1-20-14-24(35-5)15-21(2)27(20)37(33,34)29(4)12-13-36-19-26(32)31-11-8-23-17-30(18-25(23)31)16-22-6-9-28(3)10-7-22;1-14-9-17(27-4)10-15(2)20(14)29(25,26)22(3)7-8-28-13-19(24)23-6-5-16-11-21-12-18(16)23;1-8-4-2-7(6-9)3-5-8;/h14-15,22-23,25H,6-13,16-19H2,1-5H3;9-10,16,18,21H,5-8,11-13H2,1-4H3;6-7H,2-5H2,1H3;1H/t23-,25+;16-,18+;;/m00../s1. The molecular formula is C54H89ClN8O11S2. The Morgan fingerprint density at radius 2 is 1.07 bits per heavy atom. The Morgan fingerprint density at radius 3 is 1.51 bits per heavy atom. The van der Waals surface area contributed by atoms with Gasteiger partial charge in [0.25, 0.3) is 0 Å². The summed E-state index contributed by atoms with van der Waals surface area (Å²) in [6.07, 6.45) is 7.82. The summed E-state index contributed by atoms with van der Waals surface area (Å²) < 4.78 is 76.5. The van der Waals surface area contributed by atoms with E-state index in [2.05, 4.69) is 34.1 Å². The third-order valence-electron chi connectivity index (χ3n) is 16.2. The van der Waals surface area contributed by atoms with E-state index in [1.54, 1.807) is 73.2 Å². The summed E-state index contributed by atoms with van der Waals surface area (Å²) in [6, 6.07) is 7.43. The minimum absolute atomic E-state index is 0. The number of benzene rings is 2. The van der Waals surface area contributed by atoms with Gasteiger partial charge in [-0.05, 0) is 171 Å². The van der Waals surface area contributed by atoms with Gasteiger partial charge in [0.2, 0.25) is 31.9 Å². The average Bonchev–Trinajstić information content (AvgIpc) is 4.18. The summed E-state index contributed by atoms with van der Waals surface area (Å²) >= 11 is 0. The van der Waals surface area contributed by atoms with Crippen LogP contribution >= 0.6 is 12.4 Å². The number of likely N-dealkylation sites (N-methyl/N-ethyl adjacent to an activating group) is 2. The molecule has 0 unspecified atom stereocenters. The Morgan fingerprint density at radius 1 is 0.632 bits per heavy atom. The summed E-state index contributed by atoms with van der Waals surface area (Å²) in [7, 11) is 3.15. The summed E-state index contributed by atoms with van der Waals surface area (Å²) in [6.45, 7) is 18.8. The number of amides is 2. The maximum absolute atomic E-state index is 13.2. The number of likely N-dealkylation sites (tertiary alicyclic amines) is 5. The van der Waals surface area contributed by atoms with Crippen LogP contribution in [0.4, 0.5) is 0 Å². The largest absolute Gasteiger partial charge is 0.497 e. The van der Waals surface area contributed by atoms with Crippen molar-refractivity contribution in [1.29, 1.82) is 0 Å². The monoisotopic (exact) mass is 1120 g/mol. The lowest BCUT2D eigenvalue weighted by Gasteiger charge is -2.32. The first kappa shape index (κ1) is 63.4. The zero-order valence-electron chi connectivity index (χ0n) is 47.0. The molecule has 0 bridgehead atoms. The van der Waals surface area contributed by atoms with Crippen LogP contribution in [-0.4, -0.2) is 234 Å². The smallest absolute Gasteiger partial charge is 0.248 e. The number of aryl methyl sites for hydroxylation is 4. The van der Waals surface area contributed by atoms with E-state index >= 15 is 0 Å². The number of rotatable bonds is 19. The van der Waals surface area contributed by atoms with Gasteiger partial charge in [0, 0.05) is 91.0 Å². The Kier molecular flexibility index (Phi) is 24.3. The van der Waals surface area contributed by atoms with E-state index in [0.29, 0.717) is 56.4 Å². The van der Waals surface area contributed by atoms with Crippen molar-refractivity contribution in [2.24, 2.45) is 23.7 Å². The molecule has 430 valence electrons. The number of nitrogens with one attached hydrogen (secondary N) is 1. The lowest BCUT2D eigenvalue weighted by atomic mass is 9.96. The van der Waals surface area contributed by atoms with Gasteiger partial charge >= 0.3 is 0 Å². The second-order valence-electron chi connectivity index (χ2n) is 21.7. The number of ether oxygens (including phenoxy) is 4. The number of piperidine rings is 2. The Hall–Kier alpha value is -3.48. The van der Waals surface area contributed by atoms with Crippen molar-refractivity contribution >= 4 is 50.6 Å². The van der Waals surface area contributed by atoms with E-state index < -0.39 is 20.0 Å². The van der Waals surface area contributed by atoms with Gasteiger partial charge in [0.1, 0.15) is 31.0 Å². The maximum atomic E-state index is 13.2. The molecule has 2 amide bonds. The highest BCUT2D eigenvalue weighted by atomic mass is 35.5. The third kappa shape index (κ3) is 16.3. The molecule has 0 radical (unpaired) electrons. The number of hydrogen-bond donors (Lipinski definition) is 1. The molecule has 19 nitrogen and oxygen atoms in total. The first-order valence-electron chi connectivity index (χ1n) is 26.9. The van der Waals surface area contributed by atoms with Crippen LogP contribution in [0.5, 0.6) is 11.5 Å². The van der Waals surface area contributed by atoms with Crippen molar-refractivity contribution in [1.82, 2.24) is 38.4 Å². The molecule has 0 aliphatic carbocycles.